The number of rotatable bonds is 4. The molecule has 2 saturated heterocycles. The van der Waals surface area contributed by atoms with E-state index < -0.39 is 0 Å². The van der Waals surface area contributed by atoms with Gasteiger partial charge in [0.15, 0.2) is 0 Å². The monoisotopic (exact) mass is 327 g/mol. The zero-order valence-corrected chi connectivity index (χ0v) is 14.1. The van der Waals surface area contributed by atoms with E-state index >= 15 is 0 Å². The molecule has 5 heteroatoms. The van der Waals surface area contributed by atoms with Gasteiger partial charge < -0.3 is 14.9 Å². The number of carbonyl (C=O) groups is 1. The van der Waals surface area contributed by atoms with Gasteiger partial charge in [-0.25, -0.2) is 0 Å². The number of aliphatic hydroxyl groups is 1. The van der Waals surface area contributed by atoms with E-state index in [1.165, 1.54) is 12.8 Å². The van der Waals surface area contributed by atoms with Gasteiger partial charge in [-0.15, -0.1) is 0 Å². The van der Waals surface area contributed by atoms with Gasteiger partial charge in [-0.05, 0) is 50.9 Å². The van der Waals surface area contributed by atoms with Crippen molar-refractivity contribution in [1.82, 2.24) is 9.80 Å². The Balaban J connectivity index is 1.65. The molecule has 0 saturated carbocycles. The minimum atomic E-state index is -0.0874. The number of likely N-dealkylation sites (tertiary alicyclic amines) is 2. The number of hydrogen-bond acceptors (Lipinski definition) is 4. The van der Waals surface area contributed by atoms with Gasteiger partial charge in [-0.3, -0.25) is 4.79 Å². The van der Waals surface area contributed by atoms with Gasteiger partial charge in [0.25, 0.3) is 5.91 Å². The minimum absolute atomic E-state index is 0.0696. The van der Waals surface area contributed by atoms with Crippen LogP contribution in [0.25, 0.3) is 0 Å². The lowest BCUT2D eigenvalue weighted by Gasteiger charge is -2.42. The Morgan fingerprint density at radius 1 is 1.17 bits per heavy atom. The van der Waals surface area contributed by atoms with Crippen molar-refractivity contribution in [2.75, 3.05) is 39.3 Å². The fourth-order valence-electron chi connectivity index (χ4n) is 3.90. The van der Waals surface area contributed by atoms with Crippen LogP contribution < -0.4 is 0 Å². The highest BCUT2D eigenvalue weighted by Gasteiger charge is 2.37. The molecule has 0 aliphatic carbocycles. The second-order valence-electron chi connectivity index (χ2n) is 7.09. The molecule has 1 aromatic carbocycles. The summed E-state index contributed by atoms with van der Waals surface area (Å²) in [5.74, 6) is -0.0696. The first kappa shape index (κ1) is 16.9. The number of benzene rings is 1. The fraction of sp³-hybridized carbons (Fsp3) is 0.579. The average molecular weight is 327 g/mol. The van der Waals surface area contributed by atoms with Gasteiger partial charge in [0.1, 0.15) is 0 Å². The summed E-state index contributed by atoms with van der Waals surface area (Å²) in [6, 6.07) is 9.07. The summed E-state index contributed by atoms with van der Waals surface area (Å²) in [7, 11) is 0. The van der Waals surface area contributed by atoms with Crippen LogP contribution in [0, 0.1) is 16.7 Å². The maximum atomic E-state index is 12.7. The molecule has 1 aromatic rings. The Kier molecular flexibility index (Phi) is 5.17. The van der Waals surface area contributed by atoms with Crippen LogP contribution in [0.1, 0.15) is 41.6 Å². The molecule has 0 aromatic heterocycles. The highest BCUT2D eigenvalue weighted by molar-refractivity contribution is 5.96. The number of amides is 1. The summed E-state index contributed by atoms with van der Waals surface area (Å²) in [6.07, 6.45) is 4.13. The van der Waals surface area contributed by atoms with Crippen LogP contribution in [0.4, 0.5) is 0 Å². The zero-order valence-electron chi connectivity index (χ0n) is 14.1. The number of nitriles is 1. The van der Waals surface area contributed by atoms with Crippen LogP contribution in [0.2, 0.25) is 0 Å². The summed E-state index contributed by atoms with van der Waals surface area (Å²) in [5, 5.41) is 19.1. The third-order valence-electron chi connectivity index (χ3n) is 5.48. The van der Waals surface area contributed by atoms with E-state index in [-0.39, 0.29) is 17.9 Å². The first-order valence-corrected chi connectivity index (χ1v) is 8.79. The van der Waals surface area contributed by atoms with E-state index in [1.807, 2.05) is 4.90 Å². The third-order valence-corrected chi connectivity index (χ3v) is 5.48. The quantitative estimate of drug-likeness (QED) is 0.917. The maximum absolute atomic E-state index is 12.7. The Morgan fingerprint density at radius 3 is 2.46 bits per heavy atom. The van der Waals surface area contributed by atoms with Crippen LogP contribution in [0.15, 0.2) is 24.3 Å². The standard InChI is InChI=1S/C19H25N3O2/c20-13-16-5-1-2-6-17(16)18(24)22-11-7-19(15-23,8-12-22)14-21-9-3-4-10-21/h1-2,5-6,23H,3-4,7-12,14-15H2. The highest BCUT2D eigenvalue weighted by atomic mass is 16.3. The summed E-state index contributed by atoms with van der Waals surface area (Å²) >= 11 is 0. The van der Waals surface area contributed by atoms with Gasteiger partial charge in [0.05, 0.1) is 23.8 Å². The topological polar surface area (TPSA) is 67.6 Å². The molecule has 24 heavy (non-hydrogen) atoms. The molecule has 3 rings (SSSR count). The van der Waals surface area contributed by atoms with Crippen molar-refractivity contribution in [3.05, 3.63) is 35.4 Å². The Labute approximate surface area is 143 Å². The van der Waals surface area contributed by atoms with Gasteiger partial charge >= 0.3 is 0 Å². The summed E-state index contributed by atoms with van der Waals surface area (Å²) in [4.78, 5) is 17.0. The minimum Gasteiger partial charge on any atom is -0.396 e. The molecular formula is C19H25N3O2. The van der Waals surface area contributed by atoms with Crippen molar-refractivity contribution in [2.24, 2.45) is 5.41 Å². The Hall–Kier alpha value is -1.90. The molecule has 0 unspecified atom stereocenters. The van der Waals surface area contributed by atoms with E-state index in [4.69, 9.17) is 0 Å². The molecule has 2 fully saturated rings. The number of aliphatic hydroxyl groups excluding tert-OH is 1. The molecule has 0 radical (unpaired) electrons. The second-order valence-corrected chi connectivity index (χ2v) is 7.09. The molecule has 128 valence electrons. The molecular weight excluding hydrogens is 302 g/mol. The van der Waals surface area contributed by atoms with Gasteiger partial charge in [0, 0.05) is 25.0 Å². The summed E-state index contributed by atoms with van der Waals surface area (Å²) < 4.78 is 0. The highest BCUT2D eigenvalue weighted by Crippen LogP contribution is 2.33. The van der Waals surface area contributed by atoms with Crippen molar-refractivity contribution in [2.45, 2.75) is 25.7 Å². The van der Waals surface area contributed by atoms with E-state index in [1.54, 1.807) is 24.3 Å². The molecule has 0 spiro atoms. The average Bonchev–Trinajstić information content (AvgIpc) is 3.14. The number of carbonyl (C=O) groups excluding carboxylic acids is 1. The third kappa shape index (κ3) is 3.45. The lowest BCUT2D eigenvalue weighted by molar-refractivity contribution is 0.0179. The van der Waals surface area contributed by atoms with Crippen molar-refractivity contribution in [1.29, 1.82) is 5.26 Å². The molecule has 0 atom stereocenters. The first-order chi connectivity index (χ1) is 11.7. The Bertz CT molecular complexity index is 624. The molecule has 2 aliphatic rings. The summed E-state index contributed by atoms with van der Waals surface area (Å²) in [6.45, 7) is 4.65. The smallest absolute Gasteiger partial charge is 0.255 e. The molecule has 0 bridgehead atoms. The van der Waals surface area contributed by atoms with Crippen molar-refractivity contribution < 1.29 is 9.90 Å². The van der Waals surface area contributed by atoms with Crippen LogP contribution in [0.3, 0.4) is 0 Å². The molecule has 1 N–H and O–H groups in total. The predicted molar refractivity (Wildman–Crippen MR) is 91.5 cm³/mol. The van der Waals surface area contributed by atoms with Crippen LogP contribution in [-0.4, -0.2) is 60.1 Å². The van der Waals surface area contributed by atoms with E-state index in [0.717, 1.165) is 32.5 Å². The number of piperidine rings is 1. The fourth-order valence-corrected chi connectivity index (χ4v) is 3.90. The molecule has 1 amide bonds. The predicted octanol–water partition coefficient (Wildman–Crippen LogP) is 1.87. The lowest BCUT2D eigenvalue weighted by atomic mass is 9.78. The SMILES string of the molecule is N#Cc1ccccc1C(=O)N1CCC(CO)(CN2CCCC2)CC1. The van der Waals surface area contributed by atoms with E-state index in [2.05, 4.69) is 11.0 Å². The molecule has 2 aliphatic heterocycles. The molecule has 2 heterocycles. The van der Waals surface area contributed by atoms with Crippen molar-refractivity contribution in [3.8, 4) is 6.07 Å². The van der Waals surface area contributed by atoms with Gasteiger partial charge in [0.2, 0.25) is 0 Å². The largest absolute Gasteiger partial charge is 0.396 e. The second kappa shape index (κ2) is 7.33. The normalized spacial score (nSPS) is 20.8. The lowest BCUT2D eigenvalue weighted by Crippen LogP contribution is -2.49. The Morgan fingerprint density at radius 2 is 1.83 bits per heavy atom. The van der Waals surface area contributed by atoms with E-state index in [0.29, 0.717) is 24.2 Å². The summed E-state index contributed by atoms with van der Waals surface area (Å²) in [5.41, 5.74) is 0.824. The van der Waals surface area contributed by atoms with Crippen LogP contribution >= 0.6 is 0 Å². The van der Waals surface area contributed by atoms with Crippen molar-refractivity contribution >= 4 is 5.91 Å². The molecule has 5 nitrogen and oxygen atoms in total. The van der Waals surface area contributed by atoms with Crippen LogP contribution in [-0.2, 0) is 0 Å². The van der Waals surface area contributed by atoms with E-state index in [9.17, 15) is 15.2 Å². The number of nitrogens with zero attached hydrogens (tertiary/aromatic N) is 3. The number of hydrogen-bond donors (Lipinski definition) is 1. The zero-order chi connectivity index (χ0) is 17.0. The van der Waals surface area contributed by atoms with Gasteiger partial charge in [-0.1, -0.05) is 12.1 Å². The first-order valence-electron chi connectivity index (χ1n) is 8.79. The van der Waals surface area contributed by atoms with Gasteiger partial charge in [-0.2, -0.15) is 5.26 Å². The van der Waals surface area contributed by atoms with Crippen LogP contribution in [0.5, 0.6) is 0 Å². The maximum Gasteiger partial charge on any atom is 0.255 e. The van der Waals surface area contributed by atoms with Crippen molar-refractivity contribution in [3.63, 3.8) is 0 Å².